The smallest absolute Gasteiger partial charge is 0.407 e. The molecule has 7 N–H and O–H groups in total. The largest absolute Gasteiger partial charge is 0.466 e. The lowest BCUT2D eigenvalue weighted by atomic mass is 9.82. The van der Waals surface area contributed by atoms with Crippen molar-refractivity contribution in [3.8, 4) is 0 Å². The average molecular weight is 733 g/mol. The maximum Gasteiger partial charge on any atom is 0.407 e. The summed E-state index contributed by atoms with van der Waals surface area (Å²) in [6, 6.07) is 7.22. The molecule has 1 fully saturated rings. The number of unbranched alkanes of at least 4 members (excludes halogenated alkanes) is 1. The second-order valence-electron chi connectivity index (χ2n) is 15.4. The van der Waals surface area contributed by atoms with E-state index in [-0.39, 0.29) is 50.2 Å². The Labute approximate surface area is 311 Å². The van der Waals surface area contributed by atoms with Crippen LogP contribution in [0.1, 0.15) is 124 Å². The molecule has 0 aromatic heterocycles. The Hall–Kier alpha value is -3.22. The second-order valence-corrected chi connectivity index (χ2v) is 15.4. The summed E-state index contributed by atoms with van der Waals surface area (Å²) in [5.41, 5.74) is 7.35. The molecule has 1 aliphatic rings. The van der Waals surface area contributed by atoms with E-state index in [9.17, 15) is 29.4 Å². The van der Waals surface area contributed by atoms with Crippen LogP contribution in [-0.4, -0.2) is 77.6 Å². The van der Waals surface area contributed by atoms with Crippen LogP contribution in [0.4, 0.5) is 4.79 Å². The fraction of sp³-hybridized carbons (Fsp3) is 0.750. The first-order chi connectivity index (χ1) is 24.8. The van der Waals surface area contributed by atoms with Crippen LogP contribution in [0.5, 0.6) is 0 Å². The lowest BCUT2D eigenvalue weighted by molar-refractivity contribution is -0.146. The monoisotopic (exact) mass is 733 g/mol. The zero-order valence-corrected chi connectivity index (χ0v) is 32.3. The molecule has 12 heteroatoms. The van der Waals surface area contributed by atoms with Crippen molar-refractivity contribution in [2.45, 2.75) is 155 Å². The minimum atomic E-state index is -1.18. The molecule has 2 rings (SSSR count). The molecular weight excluding hydrogens is 664 g/mol. The number of alkyl carbamates (subject to hydrolysis) is 1. The standard InChI is InChI=1S/C40H68N4O8/c1-6-51-37(47)25-36(46)34(22-28(4)5)44-39(49)33(19-13-14-20-42-40(50)52-26-30-17-11-8-12-18-30)43-38(48)31(21-27(2)3)24-35(45)32(41)23-29-15-9-7-10-16-29/h8,11-12,17-18,27-29,31-36,45-46H,6-7,9-10,13-16,19-26,41H2,1-5H3,(H,42,50)(H,43,48)(H,44,49)/t31-,32+,33+,34+,35+,36+/m1/s1. The number of benzene rings is 1. The van der Waals surface area contributed by atoms with Crippen LogP contribution in [0.15, 0.2) is 30.3 Å². The molecule has 3 amide bonds. The fourth-order valence-corrected chi connectivity index (χ4v) is 6.94. The van der Waals surface area contributed by atoms with Crippen molar-refractivity contribution in [3.63, 3.8) is 0 Å². The number of aliphatic hydroxyl groups is 2. The predicted octanol–water partition coefficient (Wildman–Crippen LogP) is 5.12. The Morgan fingerprint density at radius 1 is 0.846 bits per heavy atom. The highest BCUT2D eigenvalue weighted by atomic mass is 16.5. The summed E-state index contributed by atoms with van der Waals surface area (Å²) in [6.45, 7) is 10.3. The summed E-state index contributed by atoms with van der Waals surface area (Å²) in [6.07, 6.45) is 6.07. The summed E-state index contributed by atoms with van der Waals surface area (Å²) < 4.78 is 10.3. The minimum absolute atomic E-state index is 0.0950. The summed E-state index contributed by atoms with van der Waals surface area (Å²) in [7, 11) is 0. The van der Waals surface area contributed by atoms with Gasteiger partial charge in [0.15, 0.2) is 0 Å². The molecular formula is C40H68N4O8. The lowest BCUT2D eigenvalue weighted by Gasteiger charge is -2.30. The number of nitrogens with two attached hydrogens (primary N) is 1. The molecule has 0 radical (unpaired) electrons. The van der Waals surface area contributed by atoms with Gasteiger partial charge in [0.05, 0.1) is 31.3 Å². The summed E-state index contributed by atoms with van der Waals surface area (Å²) in [5, 5.41) is 30.7. The van der Waals surface area contributed by atoms with Gasteiger partial charge >= 0.3 is 12.1 Å². The van der Waals surface area contributed by atoms with Gasteiger partial charge in [0.2, 0.25) is 11.8 Å². The first-order valence-corrected chi connectivity index (χ1v) is 19.6. The third kappa shape index (κ3) is 18.5. The maximum absolute atomic E-state index is 13.9. The Bertz CT molecular complexity index is 1180. The van der Waals surface area contributed by atoms with Gasteiger partial charge in [-0.3, -0.25) is 14.4 Å². The molecule has 0 unspecified atom stereocenters. The van der Waals surface area contributed by atoms with Gasteiger partial charge in [0, 0.05) is 18.5 Å². The van der Waals surface area contributed by atoms with Gasteiger partial charge in [-0.15, -0.1) is 0 Å². The molecule has 296 valence electrons. The molecule has 1 aliphatic carbocycles. The molecule has 52 heavy (non-hydrogen) atoms. The molecule has 0 aliphatic heterocycles. The summed E-state index contributed by atoms with van der Waals surface area (Å²) >= 11 is 0. The zero-order chi connectivity index (χ0) is 38.5. The number of nitrogens with one attached hydrogen (secondary N) is 3. The number of esters is 1. The number of ether oxygens (including phenoxy) is 2. The maximum atomic E-state index is 13.9. The topological polar surface area (TPSA) is 189 Å². The van der Waals surface area contributed by atoms with Gasteiger partial charge in [-0.05, 0) is 75.2 Å². The Morgan fingerprint density at radius 2 is 1.52 bits per heavy atom. The van der Waals surface area contributed by atoms with E-state index in [2.05, 4.69) is 16.0 Å². The quantitative estimate of drug-likeness (QED) is 0.0619. The number of rotatable bonds is 24. The van der Waals surface area contributed by atoms with Crippen molar-refractivity contribution in [2.24, 2.45) is 29.4 Å². The number of aliphatic hydroxyl groups excluding tert-OH is 2. The number of hydrogen-bond donors (Lipinski definition) is 6. The highest BCUT2D eigenvalue weighted by Gasteiger charge is 2.32. The van der Waals surface area contributed by atoms with Crippen LogP contribution in [-0.2, 0) is 30.5 Å². The number of carbonyl (C=O) groups is 4. The van der Waals surface area contributed by atoms with Crippen molar-refractivity contribution >= 4 is 23.9 Å². The molecule has 0 spiro atoms. The average Bonchev–Trinajstić information content (AvgIpc) is 3.09. The lowest BCUT2D eigenvalue weighted by Crippen LogP contribution is -2.54. The second kappa shape index (κ2) is 24.9. The fourth-order valence-electron chi connectivity index (χ4n) is 6.94. The van der Waals surface area contributed by atoms with E-state index in [1.165, 1.54) is 19.3 Å². The van der Waals surface area contributed by atoms with Crippen LogP contribution in [0.2, 0.25) is 0 Å². The molecule has 6 atom stereocenters. The molecule has 1 saturated carbocycles. The molecule has 0 bridgehead atoms. The van der Waals surface area contributed by atoms with Crippen LogP contribution in [0.25, 0.3) is 0 Å². The van der Waals surface area contributed by atoms with Gasteiger partial charge in [0.25, 0.3) is 0 Å². The van der Waals surface area contributed by atoms with Gasteiger partial charge in [-0.25, -0.2) is 4.79 Å². The predicted molar refractivity (Wildman–Crippen MR) is 202 cm³/mol. The first-order valence-electron chi connectivity index (χ1n) is 19.6. The molecule has 1 aromatic rings. The van der Waals surface area contributed by atoms with Crippen molar-refractivity contribution < 1.29 is 38.9 Å². The van der Waals surface area contributed by atoms with Crippen molar-refractivity contribution in [1.29, 1.82) is 0 Å². The molecule has 1 aromatic carbocycles. The molecule has 12 nitrogen and oxygen atoms in total. The Kier molecular flexibility index (Phi) is 21.5. The summed E-state index contributed by atoms with van der Waals surface area (Å²) in [5.74, 6) is -1.20. The van der Waals surface area contributed by atoms with E-state index in [1.807, 2.05) is 58.0 Å². The van der Waals surface area contributed by atoms with Crippen LogP contribution in [0.3, 0.4) is 0 Å². The van der Waals surface area contributed by atoms with E-state index in [0.29, 0.717) is 38.1 Å². The Morgan fingerprint density at radius 3 is 2.15 bits per heavy atom. The molecule has 0 heterocycles. The molecule has 0 saturated heterocycles. The number of carbonyl (C=O) groups excluding carboxylic acids is 4. The third-order valence-electron chi connectivity index (χ3n) is 9.71. The van der Waals surface area contributed by atoms with E-state index in [0.717, 1.165) is 24.8 Å². The normalized spacial score (nSPS) is 17.0. The highest BCUT2D eigenvalue weighted by molar-refractivity contribution is 5.88. The Balaban J connectivity index is 2.11. The van der Waals surface area contributed by atoms with E-state index < -0.39 is 54.2 Å². The van der Waals surface area contributed by atoms with Crippen molar-refractivity contribution in [1.82, 2.24) is 16.0 Å². The van der Waals surface area contributed by atoms with Gasteiger partial charge in [-0.2, -0.15) is 0 Å². The van der Waals surface area contributed by atoms with E-state index in [4.69, 9.17) is 15.2 Å². The SMILES string of the molecule is CCOC(=O)C[C@H](O)[C@H](CC(C)C)NC(=O)[C@H](CCCCNC(=O)OCc1ccccc1)NC(=O)[C@H](CC(C)C)C[C@H](O)[C@@H](N)CC1CCCCC1. The summed E-state index contributed by atoms with van der Waals surface area (Å²) in [4.78, 5) is 52.2. The van der Waals surface area contributed by atoms with Crippen molar-refractivity contribution in [2.75, 3.05) is 13.2 Å². The van der Waals surface area contributed by atoms with Crippen LogP contribution in [0, 0.1) is 23.7 Å². The van der Waals surface area contributed by atoms with Crippen molar-refractivity contribution in [3.05, 3.63) is 35.9 Å². The van der Waals surface area contributed by atoms with E-state index >= 15 is 0 Å². The van der Waals surface area contributed by atoms with Gasteiger partial charge < -0.3 is 41.4 Å². The van der Waals surface area contributed by atoms with Gasteiger partial charge in [-0.1, -0.05) is 90.1 Å². The first kappa shape index (κ1) is 44.9. The van der Waals surface area contributed by atoms with E-state index in [1.54, 1.807) is 6.92 Å². The third-order valence-corrected chi connectivity index (χ3v) is 9.71. The zero-order valence-electron chi connectivity index (χ0n) is 32.3. The highest BCUT2D eigenvalue weighted by Crippen LogP contribution is 2.29. The van der Waals surface area contributed by atoms with Crippen LogP contribution < -0.4 is 21.7 Å². The number of amides is 3. The van der Waals surface area contributed by atoms with Gasteiger partial charge in [0.1, 0.15) is 12.6 Å². The van der Waals surface area contributed by atoms with Crippen LogP contribution >= 0.6 is 0 Å². The number of hydrogen-bond acceptors (Lipinski definition) is 9. The minimum Gasteiger partial charge on any atom is -0.466 e.